The molecule has 1 rings (SSSR count). The molecule has 1 fully saturated rings. The van der Waals surface area contributed by atoms with Gasteiger partial charge in [-0.15, -0.1) is 0 Å². The first-order valence-corrected chi connectivity index (χ1v) is 9.80. The molecule has 0 aromatic carbocycles. The molecule has 22 heavy (non-hydrogen) atoms. The number of unbranched alkanes of at least 4 members (excludes halogenated alkanes) is 1. The second-order valence-corrected chi connectivity index (χ2v) is 7.55. The first-order chi connectivity index (χ1) is 10.4. The van der Waals surface area contributed by atoms with Crippen LogP contribution in [0.15, 0.2) is 0 Å². The van der Waals surface area contributed by atoms with Gasteiger partial charge in [0.05, 0.1) is 19.5 Å². The average Bonchev–Trinajstić information content (AvgIpc) is 2.48. The Morgan fingerprint density at radius 2 is 1.95 bits per heavy atom. The maximum Gasteiger partial charge on any atom is 0.220 e. The first kappa shape index (κ1) is 19.3. The lowest BCUT2D eigenvalue weighted by molar-refractivity contribution is -0.121. The quantitative estimate of drug-likeness (QED) is 0.602. The minimum absolute atomic E-state index is 0.0107. The van der Waals surface area contributed by atoms with Crippen molar-refractivity contribution in [2.45, 2.75) is 26.2 Å². The molecule has 0 saturated carbocycles. The Bertz CT molecular complexity index is 422. The molecule has 1 heterocycles. The number of ether oxygens (including phenoxy) is 1. The molecule has 0 aromatic rings. The minimum Gasteiger partial charge on any atom is -0.379 e. The zero-order chi connectivity index (χ0) is 16.4. The summed E-state index contributed by atoms with van der Waals surface area (Å²) in [5, 5.41) is 2.78. The highest BCUT2D eigenvalue weighted by atomic mass is 32.2. The van der Waals surface area contributed by atoms with Gasteiger partial charge < -0.3 is 10.1 Å². The molecule has 0 atom stereocenters. The molecule has 0 aliphatic carbocycles. The van der Waals surface area contributed by atoms with E-state index < -0.39 is 10.0 Å². The number of rotatable bonds is 10. The normalized spacial score (nSPS) is 16.9. The highest BCUT2D eigenvalue weighted by molar-refractivity contribution is 7.88. The molecule has 1 aliphatic heterocycles. The maximum atomic E-state index is 11.8. The van der Waals surface area contributed by atoms with Crippen molar-refractivity contribution in [3.63, 3.8) is 0 Å². The smallest absolute Gasteiger partial charge is 0.220 e. The standard InChI is InChI=1S/C14H29N3O4S/c1-3-4-5-14(18)15-6-7-17(22(2,19)20)9-8-16-10-12-21-13-11-16/h3-13H2,1-2H3,(H,15,18). The van der Waals surface area contributed by atoms with Gasteiger partial charge in [0.2, 0.25) is 15.9 Å². The van der Waals surface area contributed by atoms with Crippen molar-refractivity contribution in [3.05, 3.63) is 0 Å². The summed E-state index contributed by atoms with van der Waals surface area (Å²) in [6, 6.07) is 0. The number of nitrogens with one attached hydrogen (secondary N) is 1. The Morgan fingerprint density at radius 3 is 2.55 bits per heavy atom. The summed E-state index contributed by atoms with van der Waals surface area (Å²) in [5.41, 5.74) is 0. The Hall–Kier alpha value is -0.700. The summed E-state index contributed by atoms with van der Waals surface area (Å²) in [6.07, 6.45) is 3.55. The molecule has 0 unspecified atom stereocenters. The second-order valence-electron chi connectivity index (χ2n) is 5.57. The predicted molar refractivity (Wildman–Crippen MR) is 86.2 cm³/mol. The van der Waals surface area contributed by atoms with Gasteiger partial charge in [-0.05, 0) is 6.42 Å². The van der Waals surface area contributed by atoms with E-state index in [4.69, 9.17) is 4.74 Å². The number of hydrogen-bond donors (Lipinski definition) is 1. The van der Waals surface area contributed by atoms with Gasteiger partial charge in [0.15, 0.2) is 0 Å². The van der Waals surface area contributed by atoms with E-state index in [1.165, 1.54) is 10.6 Å². The minimum atomic E-state index is -3.26. The molecule has 1 aliphatic rings. The van der Waals surface area contributed by atoms with E-state index in [-0.39, 0.29) is 5.91 Å². The molecule has 0 spiro atoms. The average molecular weight is 335 g/mol. The topological polar surface area (TPSA) is 79.0 Å². The number of amides is 1. The van der Waals surface area contributed by atoms with E-state index in [2.05, 4.69) is 10.2 Å². The molecule has 8 heteroatoms. The number of hydrogen-bond acceptors (Lipinski definition) is 5. The monoisotopic (exact) mass is 335 g/mol. The second kappa shape index (κ2) is 10.1. The summed E-state index contributed by atoms with van der Waals surface area (Å²) < 4.78 is 30.4. The van der Waals surface area contributed by atoms with Gasteiger partial charge in [0, 0.05) is 45.7 Å². The van der Waals surface area contributed by atoms with E-state index in [1.54, 1.807) is 0 Å². The van der Waals surface area contributed by atoms with Crippen molar-refractivity contribution in [2.75, 3.05) is 58.7 Å². The van der Waals surface area contributed by atoms with Gasteiger partial charge in [-0.3, -0.25) is 9.69 Å². The highest BCUT2D eigenvalue weighted by Crippen LogP contribution is 2.01. The van der Waals surface area contributed by atoms with Gasteiger partial charge in [0.1, 0.15) is 0 Å². The Balaban J connectivity index is 2.33. The van der Waals surface area contributed by atoms with Crippen molar-refractivity contribution < 1.29 is 17.9 Å². The third kappa shape index (κ3) is 8.07. The van der Waals surface area contributed by atoms with Crippen LogP contribution in [-0.2, 0) is 19.6 Å². The fraction of sp³-hybridized carbons (Fsp3) is 0.929. The van der Waals surface area contributed by atoms with Crippen molar-refractivity contribution in [1.29, 1.82) is 0 Å². The molecule has 7 nitrogen and oxygen atoms in total. The zero-order valence-electron chi connectivity index (χ0n) is 13.7. The molecule has 1 N–H and O–H groups in total. The summed E-state index contributed by atoms with van der Waals surface area (Å²) in [7, 11) is -3.26. The number of morpholine rings is 1. The van der Waals surface area contributed by atoms with Gasteiger partial charge in [-0.2, -0.15) is 4.31 Å². The van der Waals surface area contributed by atoms with E-state index in [9.17, 15) is 13.2 Å². The molecule has 130 valence electrons. The summed E-state index contributed by atoms with van der Waals surface area (Å²) in [5.74, 6) is -0.0107. The van der Waals surface area contributed by atoms with E-state index in [1.807, 2.05) is 6.92 Å². The van der Waals surface area contributed by atoms with Crippen LogP contribution in [0.25, 0.3) is 0 Å². The van der Waals surface area contributed by atoms with E-state index >= 15 is 0 Å². The van der Waals surface area contributed by atoms with Gasteiger partial charge >= 0.3 is 0 Å². The number of carbonyl (C=O) groups is 1. The van der Waals surface area contributed by atoms with Crippen LogP contribution in [-0.4, -0.2) is 82.3 Å². The third-order valence-corrected chi connectivity index (χ3v) is 4.98. The first-order valence-electron chi connectivity index (χ1n) is 7.95. The molecule has 0 aromatic heterocycles. The van der Waals surface area contributed by atoms with Crippen LogP contribution in [0.1, 0.15) is 26.2 Å². The summed E-state index contributed by atoms with van der Waals surface area (Å²) >= 11 is 0. The molecular formula is C14H29N3O4S. The molecule has 1 amide bonds. The fourth-order valence-electron chi connectivity index (χ4n) is 2.27. The maximum absolute atomic E-state index is 11.8. The Kier molecular flexibility index (Phi) is 8.92. The predicted octanol–water partition coefficient (Wildman–Crippen LogP) is -0.113. The molecule has 0 radical (unpaired) electrons. The van der Waals surface area contributed by atoms with Crippen LogP contribution >= 0.6 is 0 Å². The lowest BCUT2D eigenvalue weighted by Gasteiger charge is -2.29. The van der Waals surface area contributed by atoms with Crippen molar-refractivity contribution in [3.8, 4) is 0 Å². The SMILES string of the molecule is CCCCC(=O)NCCN(CCN1CCOCC1)S(C)(=O)=O. The number of nitrogens with zero attached hydrogens (tertiary/aromatic N) is 2. The van der Waals surface area contributed by atoms with Crippen molar-refractivity contribution in [1.82, 2.24) is 14.5 Å². The lowest BCUT2D eigenvalue weighted by atomic mass is 10.2. The van der Waals surface area contributed by atoms with Crippen LogP contribution in [0.4, 0.5) is 0 Å². The number of carbonyl (C=O) groups excluding carboxylic acids is 1. The van der Waals surface area contributed by atoms with Gasteiger partial charge in [-0.25, -0.2) is 8.42 Å². The third-order valence-electron chi connectivity index (χ3n) is 3.68. The van der Waals surface area contributed by atoms with Gasteiger partial charge in [0.25, 0.3) is 0 Å². The summed E-state index contributed by atoms with van der Waals surface area (Å²) in [6.45, 7) is 6.93. The Labute approximate surface area is 134 Å². The number of sulfonamides is 1. The van der Waals surface area contributed by atoms with Crippen molar-refractivity contribution >= 4 is 15.9 Å². The van der Waals surface area contributed by atoms with E-state index in [0.717, 1.165) is 25.9 Å². The van der Waals surface area contributed by atoms with Crippen LogP contribution in [0.3, 0.4) is 0 Å². The largest absolute Gasteiger partial charge is 0.379 e. The lowest BCUT2D eigenvalue weighted by Crippen LogP contribution is -2.44. The fourth-order valence-corrected chi connectivity index (χ4v) is 3.10. The summed E-state index contributed by atoms with van der Waals surface area (Å²) in [4.78, 5) is 13.7. The Morgan fingerprint density at radius 1 is 1.27 bits per heavy atom. The van der Waals surface area contributed by atoms with Gasteiger partial charge in [-0.1, -0.05) is 13.3 Å². The van der Waals surface area contributed by atoms with E-state index in [0.29, 0.717) is 45.8 Å². The molecule has 1 saturated heterocycles. The highest BCUT2D eigenvalue weighted by Gasteiger charge is 2.18. The van der Waals surface area contributed by atoms with Crippen molar-refractivity contribution in [2.24, 2.45) is 0 Å². The zero-order valence-corrected chi connectivity index (χ0v) is 14.5. The van der Waals surface area contributed by atoms with Crippen LogP contribution in [0, 0.1) is 0 Å². The van der Waals surface area contributed by atoms with Crippen LogP contribution in [0.2, 0.25) is 0 Å². The molecular weight excluding hydrogens is 306 g/mol. The van der Waals surface area contributed by atoms with Crippen LogP contribution < -0.4 is 5.32 Å². The van der Waals surface area contributed by atoms with Crippen LogP contribution in [0.5, 0.6) is 0 Å². The molecule has 0 bridgehead atoms.